The van der Waals surface area contributed by atoms with Crippen LogP contribution in [0.5, 0.6) is 0 Å². The summed E-state index contributed by atoms with van der Waals surface area (Å²) in [5, 5.41) is 4.49. The second-order valence-corrected chi connectivity index (χ2v) is 5.37. The van der Waals surface area contributed by atoms with Gasteiger partial charge < -0.3 is 4.90 Å². The molecule has 0 fully saturated rings. The lowest BCUT2D eigenvalue weighted by atomic mass is 10.1. The largest absolute Gasteiger partial charge is 0.335 e. The second-order valence-electron chi connectivity index (χ2n) is 4.16. The van der Waals surface area contributed by atoms with Crippen LogP contribution in [0.15, 0.2) is 41.1 Å². The molecule has 2 aromatic rings. The van der Waals surface area contributed by atoms with Gasteiger partial charge in [0.2, 0.25) is 0 Å². The predicted octanol–water partition coefficient (Wildman–Crippen LogP) is 4.23. The van der Waals surface area contributed by atoms with E-state index in [0.717, 1.165) is 11.1 Å². The Kier molecular flexibility index (Phi) is 4.04. The molecule has 0 saturated heterocycles. The molecule has 1 heterocycles. The van der Waals surface area contributed by atoms with E-state index in [1.165, 1.54) is 11.3 Å². The molecule has 2 rings (SSSR count). The summed E-state index contributed by atoms with van der Waals surface area (Å²) >= 11 is 7.39. The maximum absolute atomic E-state index is 12.2. The predicted molar refractivity (Wildman–Crippen MR) is 76.3 cm³/mol. The lowest BCUT2D eigenvalue weighted by molar-refractivity contribution is 0.0743. The van der Waals surface area contributed by atoms with Crippen LogP contribution in [0, 0.1) is 0 Å². The highest BCUT2D eigenvalue weighted by Crippen LogP contribution is 2.22. The van der Waals surface area contributed by atoms with Gasteiger partial charge in [-0.3, -0.25) is 4.79 Å². The zero-order valence-electron chi connectivity index (χ0n) is 10.3. The summed E-state index contributed by atoms with van der Waals surface area (Å²) in [4.78, 5) is 13.9. The quantitative estimate of drug-likeness (QED) is 0.823. The topological polar surface area (TPSA) is 20.3 Å². The van der Waals surface area contributed by atoms with Gasteiger partial charge in [0.05, 0.1) is 11.6 Å². The van der Waals surface area contributed by atoms with Crippen LogP contribution in [0.3, 0.4) is 0 Å². The maximum atomic E-state index is 12.2. The Balaban J connectivity index is 2.16. The molecule has 1 unspecified atom stereocenters. The number of nitrogens with zero attached hydrogens (tertiary/aromatic N) is 1. The third kappa shape index (κ3) is 2.74. The Morgan fingerprint density at radius 1 is 1.28 bits per heavy atom. The van der Waals surface area contributed by atoms with E-state index in [4.69, 9.17) is 11.6 Å². The number of halogens is 1. The summed E-state index contributed by atoms with van der Waals surface area (Å²) in [7, 11) is 1.82. The maximum Gasteiger partial charge on any atom is 0.254 e. The van der Waals surface area contributed by atoms with Crippen molar-refractivity contribution < 1.29 is 4.79 Å². The molecule has 0 bridgehead atoms. The van der Waals surface area contributed by atoms with E-state index in [-0.39, 0.29) is 11.9 Å². The van der Waals surface area contributed by atoms with Crippen molar-refractivity contribution in [3.63, 3.8) is 0 Å². The summed E-state index contributed by atoms with van der Waals surface area (Å²) in [6.45, 7) is 2.01. The van der Waals surface area contributed by atoms with Gasteiger partial charge in [0.25, 0.3) is 5.91 Å². The fourth-order valence-electron chi connectivity index (χ4n) is 1.73. The zero-order valence-corrected chi connectivity index (χ0v) is 11.8. The van der Waals surface area contributed by atoms with Crippen molar-refractivity contribution in [1.29, 1.82) is 0 Å². The molecule has 0 saturated carbocycles. The van der Waals surface area contributed by atoms with Crippen molar-refractivity contribution in [1.82, 2.24) is 4.90 Å². The standard InChI is InChI=1S/C14H14ClNOS/c1-10(11-3-5-13(15)6-4-11)16(2)14(17)12-7-8-18-9-12/h3-10H,1-2H3. The van der Waals surface area contributed by atoms with Crippen LogP contribution >= 0.6 is 22.9 Å². The average Bonchev–Trinajstić information content (AvgIpc) is 2.91. The normalized spacial score (nSPS) is 12.2. The minimum atomic E-state index is 0.0228. The monoisotopic (exact) mass is 279 g/mol. The summed E-state index contributed by atoms with van der Waals surface area (Å²) in [5.74, 6) is 0.0405. The molecule has 0 radical (unpaired) electrons. The van der Waals surface area contributed by atoms with Crippen LogP contribution in [0.4, 0.5) is 0 Å². The first-order valence-electron chi connectivity index (χ1n) is 5.64. The third-order valence-electron chi connectivity index (χ3n) is 3.02. The number of hydrogen-bond donors (Lipinski definition) is 0. The number of thiophene rings is 1. The van der Waals surface area contributed by atoms with Crippen LogP contribution in [0.25, 0.3) is 0 Å². The third-order valence-corrected chi connectivity index (χ3v) is 3.96. The van der Waals surface area contributed by atoms with E-state index in [0.29, 0.717) is 5.02 Å². The summed E-state index contributed by atoms with van der Waals surface area (Å²) in [5.41, 5.74) is 1.81. The molecule has 0 aliphatic rings. The van der Waals surface area contributed by atoms with Crippen LogP contribution in [-0.2, 0) is 0 Å². The van der Waals surface area contributed by atoms with Gasteiger partial charge in [-0.1, -0.05) is 23.7 Å². The van der Waals surface area contributed by atoms with Gasteiger partial charge >= 0.3 is 0 Å². The first kappa shape index (κ1) is 13.1. The Labute approximate surface area is 116 Å². The molecule has 0 aliphatic carbocycles. The number of hydrogen-bond acceptors (Lipinski definition) is 2. The molecule has 94 valence electrons. The molecule has 1 aromatic heterocycles. The molecule has 0 aliphatic heterocycles. The average molecular weight is 280 g/mol. The van der Waals surface area contributed by atoms with Crippen molar-refractivity contribution in [3.8, 4) is 0 Å². The molecular formula is C14H14ClNOS. The first-order chi connectivity index (χ1) is 8.59. The van der Waals surface area contributed by atoms with E-state index in [9.17, 15) is 4.79 Å². The Hall–Kier alpha value is -1.32. The van der Waals surface area contributed by atoms with E-state index in [1.807, 2.05) is 55.1 Å². The molecule has 4 heteroatoms. The highest BCUT2D eigenvalue weighted by Gasteiger charge is 2.18. The van der Waals surface area contributed by atoms with Crippen molar-refractivity contribution in [2.24, 2.45) is 0 Å². The smallest absolute Gasteiger partial charge is 0.254 e. The molecule has 1 amide bonds. The van der Waals surface area contributed by atoms with Gasteiger partial charge in [-0.05, 0) is 36.1 Å². The summed E-state index contributed by atoms with van der Waals surface area (Å²) in [6.07, 6.45) is 0. The SMILES string of the molecule is CC(c1ccc(Cl)cc1)N(C)C(=O)c1ccsc1. The van der Waals surface area contributed by atoms with Crippen molar-refractivity contribution in [2.45, 2.75) is 13.0 Å². The van der Waals surface area contributed by atoms with Gasteiger partial charge in [0, 0.05) is 17.5 Å². The van der Waals surface area contributed by atoms with Gasteiger partial charge in [-0.2, -0.15) is 11.3 Å². The fraction of sp³-hybridized carbons (Fsp3) is 0.214. The van der Waals surface area contributed by atoms with Gasteiger partial charge in [-0.25, -0.2) is 0 Å². The van der Waals surface area contributed by atoms with E-state index in [1.54, 1.807) is 4.90 Å². The van der Waals surface area contributed by atoms with Crippen LogP contribution in [0.1, 0.15) is 28.9 Å². The number of benzene rings is 1. The molecule has 18 heavy (non-hydrogen) atoms. The Morgan fingerprint density at radius 2 is 1.94 bits per heavy atom. The second kappa shape index (κ2) is 5.55. The molecular weight excluding hydrogens is 266 g/mol. The van der Waals surface area contributed by atoms with Gasteiger partial charge in [0.1, 0.15) is 0 Å². The van der Waals surface area contributed by atoms with Crippen LogP contribution in [-0.4, -0.2) is 17.9 Å². The highest BCUT2D eigenvalue weighted by atomic mass is 35.5. The number of carbonyl (C=O) groups excluding carboxylic acids is 1. The van der Waals surface area contributed by atoms with Gasteiger partial charge in [0.15, 0.2) is 0 Å². The minimum absolute atomic E-state index is 0.0228. The number of amides is 1. The highest BCUT2D eigenvalue weighted by molar-refractivity contribution is 7.08. The molecule has 2 nitrogen and oxygen atoms in total. The van der Waals surface area contributed by atoms with E-state index >= 15 is 0 Å². The number of rotatable bonds is 3. The van der Waals surface area contributed by atoms with Gasteiger partial charge in [-0.15, -0.1) is 0 Å². The Morgan fingerprint density at radius 3 is 2.50 bits per heavy atom. The molecule has 0 N–H and O–H groups in total. The molecule has 0 spiro atoms. The van der Waals surface area contributed by atoms with Crippen molar-refractivity contribution in [3.05, 3.63) is 57.2 Å². The van der Waals surface area contributed by atoms with Crippen molar-refractivity contribution >= 4 is 28.8 Å². The fourth-order valence-corrected chi connectivity index (χ4v) is 2.49. The lowest BCUT2D eigenvalue weighted by Crippen LogP contribution is -2.29. The first-order valence-corrected chi connectivity index (χ1v) is 6.96. The molecule has 1 atom stereocenters. The van der Waals surface area contributed by atoms with Crippen LogP contribution < -0.4 is 0 Å². The van der Waals surface area contributed by atoms with Crippen molar-refractivity contribution in [2.75, 3.05) is 7.05 Å². The number of carbonyl (C=O) groups is 1. The summed E-state index contributed by atoms with van der Waals surface area (Å²) < 4.78 is 0. The molecule has 1 aromatic carbocycles. The Bertz CT molecular complexity index is 521. The van der Waals surface area contributed by atoms with Crippen LogP contribution in [0.2, 0.25) is 5.02 Å². The lowest BCUT2D eigenvalue weighted by Gasteiger charge is -2.25. The van der Waals surface area contributed by atoms with E-state index in [2.05, 4.69) is 0 Å². The summed E-state index contributed by atoms with van der Waals surface area (Å²) in [6, 6.07) is 9.45. The van der Waals surface area contributed by atoms with E-state index < -0.39 is 0 Å². The zero-order chi connectivity index (χ0) is 13.1. The minimum Gasteiger partial charge on any atom is -0.335 e.